The molecule has 8 nitrogen and oxygen atoms in total. The number of carbonyl (C=O) groups excluding carboxylic acids is 1. The molecule has 3 heterocycles. The smallest absolute Gasteiger partial charge is 0.326 e. The molecule has 2 aromatic carbocycles. The number of amidine groups is 1. The number of rotatable bonds is 5. The minimum Gasteiger partial charge on any atom is -0.488 e. The zero-order valence-corrected chi connectivity index (χ0v) is 18.4. The molecule has 5 N–H and O–H groups in total. The number of carbonyl (C=O) groups is 2. The molecule has 33 heavy (non-hydrogen) atoms. The lowest BCUT2D eigenvalue weighted by Gasteiger charge is -2.28. The normalized spacial score (nSPS) is 16.5. The van der Waals surface area contributed by atoms with E-state index in [1.54, 1.807) is 52.6 Å². The Morgan fingerprint density at radius 2 is 1.97 bits per heavy atom. The molecule has 1 saturated heterocycles. The van der Waals surface area contributed by atoms with Gasteiger partial charge in [0.05, 0.1) is 11.3 Å². The van der Waals surface area contributed by atoms with Gasteiger partial charge in [0.2, 0.25) is 0 Å². The first kappa shape index (κ1) is 21.0. The molecule has 1 aromatic heterocycles. The van der Waals surface area contributed by atoms with Gasteiger partial charge in [0, 0.05) is 40.6 Å². The molecule has 2 aliphatic heterocycles. The van der Waals surface area contributed by atoms with Crippen LogP contribution in [0.1, 0.15) is 34.3 Å². The van der Waals surface area contributed by atoms with Gasteiger partial charge in [0.15, 0.2) is 0 Å². The van der Waals surface area contributed by atoms with Crippen LogP contribution in [-0.2, 0) is 11.4 Å². The summed E-state index contributed by atoms with van der Waals surface area (Å²) in [6.45, 7) is 0.995. The predicted molar refractivity (Wildman–Crippen MR) is 128 cm³/mol. The largest absolute Gasteiger partial charge is 0.488 e. The van der Waals surface area contributed by atoms with Crippen LogP contribution in [-0.4, -0.2) is 35.4 Å². The molecule has 0 unspecified atom stereocenters. The molecular formula is C24H22N4O4S. The summed E-state index contributed by atoms with van der Waals surface area (Å²) in [4.78, 5) is 27.1. The number of nitrogens with zero attached hydrogens (tertiary/aromatic N) is 1. The number of thiophene rings is 1. The fraction of sp³-hybridized carbons (Fsp3) is 0.208. The van der Waals surface area contributed by atoms with Gasteiger partial charge in [-0.2, -0.15) is 11.3 Å². The molecule has 0 radical (unpaired) electrons. The number of nitrogens with one attached hydrogen (secondary N) is 2. The number of nitrogen functional groups attached to an aromatic ring is 1. The Hall–Kier alpha value is -3.85. The van der Waals surface area contributed by atoms with Crippen LogP contribution in [0.4, 0.5) is 11.4 Å². The summed E-state index contributed by atoms with van der Waals surface area (Å²) >= 11 is 1.58. The summed E-state index contributed by atoms with van der Waals surface area (Å²) in [5.41, 5.74) is 10.5. The number of amides is 1. The molecule has 0 bridgehead atoms. The zero-order chi connectivity index (χ0) is 23.1. The van der Waals surface area contributed by atoms with Crippen LogP contribution in [0.2, 0.25) is 0 Å². The average Bonchev–Trinajstić information content (AvgIpc) is 3.48. The van der Waals surface area contributed by atoms with E-state index < -0.39 is 12.0 Å². The average molecular weight is 463 g/mol. The number of aliphatic carboxylic acids is 1. The molecule has 0 aliphatic carbocycles. The van der Waals surface area contributed by atoms with Crippen molar-refractivity contribution in [1.29, 1.82) is 5.41 Å². The SMILES string of the molecule is N=C(N)c1ccc(NC(=O)c2cc3c(cc2N2CCC[C@@H]2C(=O)O)OCc2cscc2-3)cc1. The third-order valence-corrected chi connectivity index (χ3v) is 6.85. The molecule has 0 spiro atoms. The van der Waals surface area contributed by atoms with Crippen molar-refractivity contribution in [3.8, 4) is 16.9 Å². The van der Waals surface area contributed by atoms with E-state index in [2.05, 4.69) is 5.32 Å². The summed E-state index contributed by atoms with van der Waals surface area (Å²) in [7, 11) is 0. The van der Waals surface area contributed by atoms with Gasteiger partial charge >= 0.3 is 5.97 Å². The highest BCUT2D eigenvalue weighted by Crippen LogP contribution is 2.44. The summed E-state index contributed by atoms with van der Waals surface area (Å²) in [5, 5.41) is 24.2. The Morgan fingerprint density at radius 3 is 2.70 bits per heavy atom. The van der Waals surface area contributed by atoms with Crippen molar-refractivity contribution in [2.24, 2.45) is 5.73 Å². The third-order valence-electron chi connectivity index (χ3n) is 6.06. The predicted octanol–water partition coefficient (Wildman–Crippen LogP) is 3.90. The van der Waals surface area contributed by atoms with Crippen LogP contribution in [0.5, 0.6) is 5.75 Å². The van der Waals surface area contributed by atoms with Gasteiger partial charge in [-0.1, -0.05) is 0 Å². The van der Waals surface area contributed by atoms with E-state index in [-0.39, 0.29) is 11.7 Å². The van der Waals surface area contributed by atoms with Crippen molar-refractivity contribution in [3.63, 3.8) is 0 Å². The lowest BCUT2D eigenvalue weighted by atomic mass is 9.97. The topological polar surface area (TPSA) is 129 Å². The fourth-order valence-corrected chi connectivity index (χ4v) is 5.23. The van der Waals surface area contributed by atoms with Crippen molar-refractivity contribution >= 4 is 40.4 Å². The van der Waals surface area contributed by atoms with Gasteiger partial charge in [-0.15, -0.1) is 0 Å². The monoisotopic (exact) mass is 462 g/mol. The van der Waals surface area contributed by atoms with Crippen LogP contribution in [0.3, 0.4) is 0 Å². The van der Waals surface area contributed by atoms with E-state index >= 15 is 0 Å². The van der Waals surface area contributed by atoms with Crippen LogP contribution >= 0.6 is 11.3 Å². The van der Waals surface area contributed by atoms with Gasteiger partial charge in [-0.3, -0.25) is 10.2 Å². The highest BCUT2D eigenvalue weighted by Gasteiger charge is 2.34. The number of carboxylic acid groups (broad SMARTS) is 1. The highest BCUT2D eigenvalue weighted by atomic mass is 32.1. The second kappa shape index (κ2) is 8.25. The van der Waals surface area contributed by atoms with Gasteiger partial charge in [-0.25, -0.2) is 4.79 Å². The zero-order valence-electron chi connectivity index (χ0n) is 17.6. The Morgan fingerprint density at radius 1 is 1.18 bits per heavy atom. The molecule has 9 heteroatoms. The van der Waals surface area contributed by atoms with Gasteiger partial charge in [-0.05, 0) is 53.9 Å². The lowest BCUT2D eigenvalue weighted by molar-refractivity contribution is -0.138. The van der Waals surface area contributed by atoms with E-state index in [4.69, 9.17) is 15.9 Å². The Balaban J connectivity index is 1.57. The number of fused-ring (bicyclic) bond motifs is 3. The molecule has 168 valence electrons. The molecule has 0 saturated carbocycles. The molecule has 3 aromatic rings. The quantitative estimate of drug-likeness (QED) is 0.336. The maximum absolute atomic E-state index is 13.4. The van der Waals surface area contributed by atoms with E-state index in [0.717, 1.165) is 23.1 Å². The summed E-state index contributed by atoms with van der Waals surface area (Å²) in [6, 6.07) is 9.60. The summed E-state index contributed by atoms with van der Waals surface area (Å²) in [5.74, 6) is -0.654. The Labute approximate surface area is 194 Å². The third kappa shape index (κ3) is 3.80. The molecule has 1 fully saturated rings. The van der Waals surface area contributed by atoms with E-state index in [0.29, 0.717) is 47.8 Å². The van der Waals surface area contributed by atoms with Gasteiger partial charge in [0.25, 0.3) is 5.91 Å². The highest BCUT2D eigenvalue weighted by molar-refractivity contribution is 7.08. The van der Waals surface area contributed by atoms with E-state index in [9.17, 15) is 14.7 Å². The Bertz CT molecular complexity index is 1270. The second-order valence-electron chi connectivity index (χ2n) is 8.10. The molecule has 5 rings (SSSR count). The minimum atomic E-state index is -0.905. The van der Waals surface area contributed by atoms with Crippen molar-refractivity contribution in [2.45, 2.75) is 25.5 Å². The Kier molecular flexibility index (Phi) is 5.26. The first-order chi connectivity index (χ1) is 15.9. The molecule has 2 aliphatic rings. The first-order valence-electron chi connectivity index (χ1n) is 10.5. The summed E-state index contributed by atoms with van der Waals surface area (Å²) < 4.78 is 5.96. The minimum absolute atomic E-state index is 0.0508. The van der Waals surface area contributed by atoms with Crippen molar-refractivity contribution < 1.29 is 19.4 Å². The standard InChI is InChI=1S/C24H22N4O4S/c25-22(26)13-3-5-15(6-4-13)27-23(29)17-8-16-18-12-33-11-14(18)10-32-21(16)9-20(17)28-7-1-2-19(28)24(30)31/h3-6,8-9,11-12,19H,1-2,7,10H2,(H3,25,26)(H,27,29)(H,30,31)/t19-/m1/s1. The number of hydrogen-bond acceptors (Lipinski definition) is 6. The number of carboxylic acids is 1. The number of hydrogen-bond donors (Lipinski definition) is 4. The fourth-order valence-electron chi connectivity index (χ4n) is 4.39. The molecule has 1 atom stereocenters. The van der Waals surface area contributed by atoms with Crippen molar-refractivity contribution in [1.82, 2.24) is 0 Å². The van der Waals surface area contributed by atoms with Gasteiger partial charge in [0.1, 0.15) is 24.2 Å². The number of ether oxygens (including phenoxy) is 1. The van der Waals surface area contributed by atoms with E-state index in [1.165, 1.54) is 0 Å². The molecular weight excluding hydrogens is 440 g/mol. The maximum atomic E-state index is 13.4. The van der Waals surface area contributed by atoms with Crippen molar-refractivity contribution in [2.75, 3.05) is 16.8 Å². The lowest BCUT2D eigenvalue weighted by Crippen LogP contribution is -2.37. The number of nitrogens with two attached hydrogens (primary N) is 1. The number of benzene rings is 2. The van der Waals surface area contributed by atoms with Crippen LogP contribution in [0, 0.1) is 5.41 Å². The van der Waals surface area contributed by atoms with Crippen LogP contribution in [0.25, 0.3) is 11.1 Å². The second-order valence-corrected chi connectivity index (χ2v) is 8.84. The number of anilines is 2. The first-order valence-corrected chi connectivity index (χ1v) is 11.5. The van der Waals surface area contributed by atoms with Crippen LogP contribution < -0.4 is 20.7 Å². The van der Waals surface area contributed by atoms with Gasteiger partial charge < -0.3 is 25.8 Å². The molecule has 1 amide bonds. The van der Waals surface area contributed by atoms with Crippen LogP contribution in [0.15, 0.2) is 47.2 Å². The summed E-state index contributed by atoms with van der Waals surface area (Å²) in [6.07, 6.45) is 1.26. The van der Waals surface area contributed by atoms with Crippen molar-refractivity contribution in [3.05, 3.63) is 63.8 Å². The maximum Gasteiger partial charge on any atom is 0.326 e. The van der Waals surface area contributed by atoms with E-state index in [1.807, 2.05) is 10.8 Å².